The summed E-state index contributed by atoms with van der Waals surface area (Å²) in [6.45, 7) is 0.387. The van der Waals surface area contributed by atoms with E-state index in [9.17, 15) is 4.79 Å². The van der Waals surface area contributed by atoms with Crippen LogP contribution in [-0.2, 0) is 6.54 Å². The van der Waals surface area contributed by atoms with Gasteiger partial charge < -0.3 is 20.1 Å². The van der Waals surface area contributed by atoms with Crippen molar-refractivity contribution in [1.82, 2.24) is 20.3 Å². The molecular formula is C19H19N5O3. The van der Waals surface area contributed by atoms with Gasteiger partial charge in [-0.15, -0.1) is 0 Å². The van der Waals surface area contributed by atoms with E-state index in [2.05, 4.69) is 25.6 Å². The molecule has 8 heteroatoms. The zero-order valence-electron chi connectivity index (χ0n) is 15.0. The average molecular weight is 365 g/mol. The van der Waals surface area contributed by atoms with E-state index in [0.717, 1.165) is 5.56 Å². The number of hydrogen-bond acceptors (Lipinski definition) is 7. The van der Waals surface area contributed by atoms with Crippen molar-refractivity contribution in [2.45, 2.75) is 6.54 Å². The van der Waals surface area contributed by atoms with Gasteiger partial charge >= 0.3 is 0 Å². The molecule has 138 valence electrons. The van der Waals surface area contributed by atoms with Gasteiger partial charge in [0.1, 0.15) is 17.2 Å². The fraction of sp³-hybridized carbons (Fsp3) is 0.158. The normalized spacial score (nSPS) is 10.1. The Hall–Kier alpha value is -3.68. The summed E-state index contributed by atoms with van der Waals surface area (Å²) < 4.78 is 10.5. The van der Waals surface area contributed by atoms with E-state index < -0.39 is 0 Å². The Morgan fingerprint density at radius 3 is 2.59 bits per heavy atom. The number of nitrogens with zero attached hydrogens (tertiary/aromatic N) is 3. The summed E-state index contributed by atoms with van der Waals surface area (Å²) in [4.78, 5) is 24.7. The third kappa shape index (κ3) is 4.69. The first-order valence-corrected chi connectivity index (χ1v) is 8.19. The van der Waals surface area contributed by atoms with Gasteiger partial charge in [-0.3, -0.25) is 9.78 Å². The van der Waals surface area contributed by atoms with Crippen LogP contribution < -0.4 is 20.1 Å². The summed E-state index contributed by atoms with van der Waals surface area (Å²) in [5.74, 6) is 1.24. The molecule has 2 aromatic heterocycles. The van der Waals surface area contributed by atoms with Crippen LogP contribution in [0.25, 0.3) is 0 Å². The topological polar surface area (TPSA) is 98.3 Å². The highest BCUT2D eigenvalue weighted by Crippen LogP contribution is 2.30. The summed E-state index contributed by atoms with van der Waals surface area (Å²) in [5, 5.41) is 5.87. The fourth-order valence-corrected chi connectivity index (χ4v) is 2.35. The van der Waals surface area contributed by atoms with Gasteiger partial charge in [0.2, 0.25) is 5.95 Å². The minimum atomic E-state index is -0.296. The van der Waals surface area contributed by atoms with E-state index in [1.807, 2.05) is 12.1 Å². The van der Waals surface area contributed by atoms with Crippen LogP contribution in [-0.4, -0.2) is 35.1 Å². The molecular weight excluding hydrogens is 346 g/mol. The summed E-state index contributed by atoms with van der Waals surface area (Å²) in [7, 11) is 3.15. The van der Waals surface area contributed by atoms with Crippen LogP contribution in [0.1, 0.15) is 16.1 Å². The van der Waals surface area contributed by atoms with Crippen LogP contribution in [0.2, 0.25) is 0 Å². The number of carbonyl (C=O) groups is 1. The number of methoxy groups -OCH3 is 2. The molecule has 0 saturated carbocycles. The van der Waals surface area contributed by atoms with Crippen LogP contribution in [0, 0.1) is 0 Å². The van der Waals surface area contributed by atoms with Crippen LogP contribution in [0.3, 0.4) is 0 Å². The Morgan fingerprint density at radius 1 is 1.04 bits per heavy atom. The lowest BCUT2D eigenvalue weighted by molar-refractivity contribution is 0.0946. The Balaban J connectivity index is 1.73. The van der Waals surface area contributed by atoms with Crippen molar-refractivity contribution >= 4 is 17.5 Å². The van der Waals surface area contributed by atoms with Crippen LogP contribution in [0.5, 0.6) is 11.5 Å². The molecule has 8 nitrogen and oxygen atoms in total. The summed E-state index contributed by atoms with van der Waals surface area (Å²) in [5.41, 5.74) is 1.83. The van der Waals surface area contributed by atoms with E-state index in [1.165, 1.54) is 6.20 Å². The highest BCUT2D eigenvalue weighted by molar-refractivity contribution is 5.92. The maximum Gasteiger partial charge on any atom is 0.270 e. The second-order valence-corrected chi connectivity index (χ2v) is 5.49. The minimum Gasteiger partial charge on any atom is -0.497 e. The molecule has 2 heterocycles. The van der Waals surface area contributed by atoms with Gasteiger partial charge in [-0.05, 0) is 35.9 Å². The number of carbonyl (C=O) groups excluding carboxylic acids is 1. The van der Waals surface area contributed by atoms with Gasteiger partial charge in [-0.2, -0.15) is 0 Å². The minimum absolute atomic E-state index is 0.253. The molecule has 0 aliphatic heterocycles. The second-order valence-electron chi connectivity index (χ2n) is 5.49. The van der Waals surface area contributed by atoms with E-state index in [0.29, 0.717) is 23.7 Å². The lowest BCUT2D eigenvalue weighted by atomic mass is 10.2. The highest BCUT2D eigenvalue weighted by atomic mass is 16.5. The van der Waals surface area contributed by atoms with Crippen molar-refractivity contribution in [3.63, 3.8) is 0 Å². The second kappa shape index (κ2) is 8.61. The first kappa shape index (κ1) is 18.1. The fourth-order valence-electron chi connectivity index (χ4n) is 2.35. The largest absolute Gasteiger partial charge is 0.497 e. The van der Waals surface area contributed by atoms with Gasteiger partial charge in [0.15, 0.2) is 0 Å². The quantitative estimate of drug-likeness (QED) is 0.664. The molecule has 0 radical (unpaired) electrons. The van der Waals surface area contributed by atoms with Gasteiger partial charge in [-0.25, -0.2) is 9.97 Å². The zero-order valence-corrected chi connectivity index (χ0v) is 15.0. The van der Waals surface area contributed by atoms with Crippen LogP contribution in [0.15, 0.2) is 55.0 Å². The lowest BCUT2D eigenvalue weighted by Crippen LogP contribution is -2.24. The number of aromatic nitrogens is 3. The number of anilines is 2. The summed E-state index contributed by atoms with van der Waals surface area (Å²) in [6.07, 6.45) is 4.87. The van der Waals surface area contributed by atoms with Crippen LogP contribution >= 0.6 is 0 Å². The molecule has 27 heavy (non-hydrogen) atoms. The molecule has 3 aromatic rings. The monoisotopic (exact) mass is 365 g/mol. The Bertz CT molecular complexity index is 918. The van der Waals surface area contributed by atoms with Gasteiger partial charge in [-0.1, -0.05) is 0 Å². The molecule has 2 N–H and O–H groups in total. The lowest BCUT2D eigenvalue weighted by Gasteiger charge is -2.12. The summed E-state index contributed by atoms with van der Waals surface area (Å²) >= 11 is 0. The molecule has 0 saturated heterocycles. The predicted octanol–water partition coefficient (Wildman–Crippen LogP) is 2.56. The molecule has 0 spiro atoms. The van der Waals surface area contributed by atoms with Crippen molar-refractivity contribution in [2.75, 3.05) is 19.5 Å². The number of ether oxygens (including phenoxy) is 2. The van der Waals surface area contributed by atoms with Crippen molar-refractivity contribution in [3.8, 4) is 11.5 Å². The first-order valence-electron chi connectivity index (χ1n) is 8.19. The van der Waals surface area contributed by atoms with E-state index >= 15 is 0 Å². The van der Waals surface area contributed by atoms with Gasteiger partial charge in [0.25, 0.3) is 5.91 Å². The zero-order chi connectivity index (χ0) is 19.1. The maximum absolute atomic E-state index is 12.4. The number of benzene rings is 1. The molecule has 3 rings (SSSR count). The predicted molar refractivity (Wildman–Crippen MR) is 100 cm³/mol. The smallest absolute Gasteiger partial charge is 0.270 e. The number of rotatable bonds is 7. The van der Waals surface area contributed by atoms with Crippen molar-refractivity contribution < 1.29 is 14.3 Å². The maximum atomic E-state index is 12.4. The number of pyridine rings is 1. The third-order valence-corrected chi connectivity index (χ3v) is 3.74. The average Bonchev–Trinajstić information content (AvgIpc) is 2.73. The Kier molecular flexibility index (Phi) is 5.78. The van der Waals surface area contributed by atoms with Crippen molar-refractivity contribution in [2.24, 2.45) is 0 Å². The van der Waals surface area contributed by atoms with Gasteiger partial charge in [0, 0.05) is 31.2 Å². The molecule has 0 fully saturated rings. The highest BCUT2D eigenvalue weighted by Gasteiger charge is 2.11. The Labute approximate surface area is 156 Å². The SMILES string of the molecule is COc1ccc(OC)c(Nc2nccc(C(=O)NCc3ccncc3)n2)c1. The molecule has 0 bridgehead atoms. The standard InChI is InChI=1S/C19H19N5O3/c1-26-14-3-4-17(27-2)16(11-14)24-19-21-10-7-15(23-19)18(25)22-12-13-5-8-20-9-6-13/h3-11H,12H2,1-2H3,(H,22,25)(H,21,23,24). The number of amides is 1. The molecule has 0 aliphatic carbocycles. The van der Waals surface area contributed by atoms with E-state index in [-0.39, 0.29) is 17.5 Å². The third-order valence-electron chi connectivity index (χ3n) is 3.74. The molecule has 0 atom stereocenters. The van der Waals surface area contributed by atoms with E-state index in [1.54, 1.807) is 50.9 Å². The summed E-state index contributed by atoms with van der Waals surface area (Å²) in [6, 6.07) is 10.5. The van der Waals surface area contributed by atoms with E-state index in [4.69, 9.17) is 9.47 Å². The number of hydrogen-bond donors (Lipinski definition) is 2. The molecule has 1 amide bonds. The molecule has 0 aliphatic rings. The molecule has 0 unspecified atom stereocenters. The van der Waals surface area contributed by atoms with Crippen molar-refractivity contribution in [3.05, 3.63) is 66.2 Å². The van der Waals surface area contributed by atoms with Crippen molar-refractivity contribution in [1.29, 1.82) is 0 Å². The Morgan fingerprint density at radius 2 is 1.85 bits per heavy atom. The molecule has 1 aromatic carbocycles. The first-order chi connectivity index (χ1) is 13.2. The van der Waals surface area contributed by atoms with Crippen LogP contribution in [0.4, 0.5) is 11.6 Å². The number of nitrogens with one attached hydrogen (secondary N) is 2. The van der Waals surface area contributed by atoms with Gasteiger partial charge in [0.05, 0.1) is 19.9 Å².